The zero-order valence-corrected chi connectivity index (χ0v) is 13.5. The zero-order valence-electron chi connectivity index (χ0n) is 13.5. The van der Waals surface area contributed by atoms with E-state index >= 15 is 0 Å². The Kier molecular flexibility index (Phi) is 4.07. The largest absolute Gasteiger partial charge is 0.457 e. The third-order valence-corrected chi connectivity index (χ3v) is 3.99. The minimum Gasteiger partial charge on any atom is -0.457 e. The molecular weight excluding hydrogens is 323 g/mol. The van der Waals surface area contributed by atoms with Crippen LogP contribution in [0.15, 0.2) is 57.5 Å². The van der Waals surface area contributed by atoms with Crippen LogP contribution in [0.2, 0.25) is 0 Å². The van der Waals surface area contributed by atoms with Gasteiger partial charge in [-0.1, -0.05) is 0 Å². The number of carbonyl (C=O) groups excluding carboxylic acids is 2. The first-order valence-electron chi connectivity index (χ1n) is 7.43. The molecule has 0 bridgehead atoms. The molecule has 1 aliphatic heterocycles. The van der Waals surface area contributed by atoms with Crippen LogP contribution in [-0.4, -0.2) is 23.8 Å². The maximum absolute atomic E-state index is 13.0. The predicted octanol–water partition coefficient (Wildman–Crippen LogP) is 3.31. The lowest BCUT2D eigenvalue weighted by Crippen LogP contribution is -2.39. The number of nitriles is 1. The molecule has 0 spiro atoms. The van der Waals surface area contributed by atoms with Gasteiger partial charge in [-0.3, -0.25) is 14.5 Å². The van der Waals surface area contributed by atoms with Crippen molar-refractivity contribution in [2.75, 3.05) is 7.05 Å². The summed E-state index contributed by atoms with van der Waals surface area (Å²) >= 11 is 0. The van der Waals surface area contributed by atoms with Gasteiger partial charge in [-0.25, -0.2) is 4.39 Å². The molecule has 0 N–H and O–H groups in total. The molecule has 124 valence electrons. The second-order valence-electron chi connectivity index (χ2n) is 5.55. The van der Waals surface area contributed by atoms with Crippen molar-refractivity contribution in [1.82, 2.24) is 4.90 Å². The van der Waals surface area contributed by atoms with Crippen LogP contribution in [0, 0.1) is 17.1 Å². The van der Waals surface area contributed by atoms with E-state index in [2.05, 4.69) is 0 Å². The van der Waals surface area contributed by atoms with Gasteiger partial charge in [-0.15, -0.1) is 0 Å². The third kappa shape index (κ3) is 2.88. The number of rotatable bonds is 2. The maximum Gasteiger partial charge on any atom is 0.271 e. The molecule has 3 rings (SSSR count). The number of carbonyl (C=O) groups is 2. The summed E-state index contributed by atoms with van der Waals surface area (Å²) in [5, 5.41) is 9.15. The number of imide groups is 1. The van der Waals surface area contributed by atoms with Gasteiger partial charge in [0, 0.05) is 18.2 Å². The van der Waals surface area contributed by atoms with E-state index in [0.29, 0.717) is 22.7 Å². The van der Waals surface area contributed by atoms with Crippen LogP contribution in [-0.2, 0) is 9.59 Å². The van der Waals surface area contributed by atoms with E-state index < -0.39 is 11.8 Å². The van der Waals surface area contributed by atoms with E-state index in [1.54, 1.807) is 31.2 Å². The van der Waals surface area contributed by atoms with Gasteiger partial charge >= 0.3 is 0 Å². The predicted molar refractivity (Wildman–Crippen MR) is 88.2 cm³/mol. The summed E-state index contributed by atoms with van der Waals surface area (Å²) in [4.78, 5) is 25.2. The Morgan fingerprint density at radius 2 is 1.80 bits per heavy atom. The Labute approximate surface area is 143 Å². The molecule has 5 nitrogen and oxygen atoms in total. The molecule has 0 aliphatic carbocycles. The SMILES string of the molecule is CC1=C(C#N)C(=O)N(C)C(=O)C1=Cc1ccc(-c2ccc(F)cc2)o1. The minimum atomic E-state index is -0.617. The fraction of sp³-hybridized carbons (Fsp3) is 0.105. The number of hydrogen-bond donors (Lipinski definition) is 0. The summed E-state index contributed by atoms with van der Waals surface area (Å²) in [6, 6.07) is 11.0. The molecule has 1 aliphatic rings. The quantitative estimate of drug-likeness (QED) is 0.623. The molecule has 0 fully saturated rings. The molecule has 0 saturated heterocycles. The van der Waals surface area contributed by atoms with Crippen molar-refractivity contribution >= 4 is 17.9 Å². The number of likely N-dealkylation sites (N-methyl/N-ethyl adjacent to an activating group) is 1. The van der Waals surface area contributed by atoms with E-state index in [4.69, 9.17) is 9.68 Å². The van der Waals surface area contributed by atoms with Gasteiger partial charge in [0.15, 0.2) is 0 Å². The standard InChI is InChI=1S/C19H13FN2O3/c1-11-15(18(23)22(2)19(24)16(11)10-21)9-14-7-8-17(25-14)12-3-5-13(20)6-4-12/h3-9H,1-2H3. The molecule has 0 unspecified atom stereocenters. The van der Waals surface area contributed by atoms with Crippen LogP contribution < -0.4 is 0 Å². The Morgan fingerprint density at radius 1 is 1.12 bits per heavy atom. The van der Waals surface area contributed by atoms with Gasteiger partial charge in [0.05, 0.1) is 0 Å². The van der Waals surface area contributed by atoms with Gasteiger partial charge in [0.25, 0.3) is 11.8 Å². The summed E-state index contributed by atoms with van der Waals surface area (Å²) in [6.45, 7) is 1.55. The van der Waals surface area contributed by atoms with Crippen molar-refractivity contribution in [2.24, 2.45) is 0 Å². The first-order chi connectivity index (χ1) is 11.9. The van der Waals surface area contributed by atoms with Crippen LogP contribution in [0.5, 0.6) is 0 Å². The summed E-state index contributed by atoms with van der Waals surface area (Å²) < 4.78 is 18.7. The molecule has 1 aromatic carbocycles. The molecular formula is C19H13FN2O3. The maximum atomic E-state index is 13.0. The molecule has 0 saturated carbocycles. The lowest BCUT2D eigenvalue weighted by Gasteiger charge is -2.23. The van der Waals surface area contributed by atoms with Gasteiger partial charge in [0.2, 0.25) is 0 Å². The zero-order chi connectivity index (χ0) is 18.1. The molecule has 0 atom stereocenters. The van der Waals surface area contributed by atoms with Gasteiger partial charge in [0.1, 0.15) is 29.0 Å². The lowest BCUT2D eigenvalue weighted by atomic mass is 9.95. The number of furan rings is 1. The Hall–Kier alpha value is -3.46. The molecule has 2 aromatic rings. The normalized spacial score (nSPS) is 16.6. The summed E-state index contributed by atoms with van der Waals surface area (Å²) in [5.41, 5.74) is 1.16. The van der Waals surface area contributed by atoms with Crippen molar-refractivity contribution in [1.29, 1.82) is 5.26 Å². The molecule has 2 heterocycles. The molecule has 6 heteroatoms. The molecule has 25 heavy (non-hydrogen) atoms. The van der Waals surface area contributed by atoms with E-state index in [-0.39, 0.29) is 17.0 Å². The molecule has 0 radical (unpaired) electrons. The van der Waals surface area contributed by atoms with Gasteiger partial charge < -0.3 is 4.42 Å². The van der Waals surface area contributed by atoms with E-state index in [0.717, 1.165) is 4.90 Å². The molecule has 1 aromatic heterocycles. The monoisotopic (exact) mass is 336 g/mol. The summed E-state index contributed by atoms with van der Waals surface area (Å²) in [5.74, 6) is -0.554. The highest BCUT2D eigenvalue weighted by Gasteiger charge is 2.33. The number of nitrogens with zero attached hydrogens (tertiary/aromatic N) is 2. The first-order valence-corrected chi connectivity index (χ1v) is 7.43. The number of amides is 2. The van der Waals surface area contributed by atoms with Crippen LogP contribution in [0.25, 0.3) is 17.4 Å². The highest BCUT2D eigenvalue weighted by Crippen LogP contribution is 2.28. The second-order valence-corrected chi connectivity index (χ2v) is 5.55. The van der Waals surface area contributed by atoms with Crippen molar-refractivity contribution < 1.29 is 18.4 Å². The highest BCUT2D eigenvalue weighted by atomic mass is 19.1. The third-order valence-electron chi connectivity index (χ3n) is 3.99. The summed E-state index contributed by atoms with van der Waals surface area (Å²) in [7, 11) is 1.33. The van der Waals surface area contributed by atoms with Gasteiger partial charge in [-0.05, 0) is 55.0 Å². The Balaban J connectivity index is 2.02. The number of halogens is 1. The smallest absolute Gasteiger partial charge is 0.271 e. The van der Waals surface area contributed by atoms with E-state index in [9.17, 15) is 14.0 Å². The average molecular weight is 336 g/mol. The summed E-state index contributed by atoms with van der Waals surface area (Å²) in [6.07, 6.45) is 1.49. The molecule has 2 amide bonds. The Morgan fingerprint density at radius 3 is 2.44 bits per heavy atom. The minimum absolute atomic E-state index is 0.0707. The van der Waals surface area contributed by atoms with E-state index in [1.807, 2.05) is 6.07 Å². The second kappa shape index (κ2) is 6.21. The van der Waals surface area contributed by atoms with Crippen molar-refractivity contribution in [3.63, 3.8) is 0 Å². The van der Waals surface area contributed by atoms with Gasteiger partial charge in [-0.2, -0.15) is 5.26 Å². The number of benzene rings is 1. The lowest BCUT2D eigenvalue weighted by molar-refractivity contribution is -0.138. The highest BCUT2D eigenvalue weighted by molar-refractivity contribution is 6.19. The van der Waals surface area contributed by atoms with E-state index in [1.165, 1.54) is 25.3 Å². The first kappa shape index (κ1) is 16.4. The van der Waals surface area contributed by atoms with Crippen LogP contribution in [0.4, 0.5) is 4.39 Å². The van der Waals surface area contributed by atoms with Crippen LogP contribution in [0.1, 0.15) is 12.7 Å². The Bertz CT molecular complexity index is 975. The van der Waals surface area contributed by atoms with Crippen LogP contribution in [0.3, 0.4) is 0 Å². The fourth-order valence-corrected chi connectivity index (χ4v) is 2.54. The van der Waals surface area contributed by atoms with Crippen molar-refractivity contribution in [3.05, 3.63) is 64.7 Å². The average Bonchev–Trinajstić information content (AvgIpc) is 3.07. The van der Waals surface area contributed by atoms with Crippen LogP contribution >= 0.6 is 0 Å². The topological polar surface area (TPSA) is 74.3 Å². The van der Waals surface area contributed by atoms with Crippen molar-refractivity contribution in [2.45, 2.75) is 6.92 Å². The fourth-order valence-electron chi connectivity index (χ4n) is 2.54. The number of hydrogen-bond acceptors (Lipinski definition) is 4. The van der Waals surface area contributed by atoms with Crippen molar-refractivity contribution in [3.8, 4) is 17.4 Å².